The fraction of sp³-hybridized carbons (Fsp3) is 0.409. The highest BCUT2D eigenvalue weighted by molar-refractivity contribution is 5.82. The number of nitrogens with zero attached hydrogens (tertiary/aromatic N) is 5. The van der Waals surface area contributed by atoms with Crippen LogP contribution in [0.25, 0.3) is 5.78 Å². The number of benzene rings is 1. The van der Waals surface area contributed by atoms with E-state index in [9.17, 15) is 22.8 Å². The van der Waals surface area contributed by atoms with Gasteiger partial charge in [-0.25, -0.2) is 9.50 Å². The molecule has 2 heterocycles. The van der Waals surface area contributed by atoms with E-state index in [1.807, 2.05) is 13.8 Å². The maximum atomic E-state index is 13.0. The summed E-state index contributed by atoms with van der Waals surface area (Å²) in [5, 5.41) is 4.13. The molecule has 0 N–H and O–H groups in total. The zero-order valence-corrected chi connectivity index (χ0v) is 18.5. The molecule has 0 saturated heterocycles. The molecule has 0 radical (unpaired) electrons. The monoisotopic (exact) mass is 463 g/mol. The van der Waals surface area contributed by atoms with E-state index in [4.69, 9.17) is 4.74 Å². The van der Waals surface area contributed by atoms with Crippen molar-refractivity contribution in [3.63, 3.8) is 0 Å². The van der Waals surface area contributed by atoms with Gasteiger partial charge in [0.25, 0.3) is 5.78 Å². The molecular formula is C22H24F3N5O3. The Morgan fingerprint density at radius 1 is 1.15 bits per heavy atom. The number of aryl methyl sites for hydroxylation is 2. The Morgan fingerprint density at radius 3 is 2.48 bits per heavy atom. The fourth-order valence-electron chi connectivity index (χ4n) is 3.52. The third kappa shape index (κ3) is 5.85. The van der Waals surface area contributed by atoms with Crippen molar-refractivity contribution in [3.8, 4) is 0 Å². The number of carbonyl (C=O) groups is 2. The van der Waals surface area contributed by atoms with Gasteiger partial charge in [-0.3, -0.25) is 9.59 Å². The van der Waals surface area contributed by atoms with E-state index >= 15 is 0 Å². The van der Waals surface area contributed by atoms with Crippen molar-refractivity contribution in [2.75, 3.05) is 13.2 Å². The summed E-state index contributed by atoms with van der Waals surface area (Å²) in [4.78, 5) is 34.8. The summed E-state index contributed by atoms with van der Waals surface area (Å²) in [6, 6.07) is 4.50. The van der Waals surface area contributed by atoms with Crippen molar-refractivity contribution in [3.05, 3.63) is 58.7 Å². The zero-order valence-electron chi connectivity index (χ0n) is 18.5. The number of hydrogen-bond acceptors (Lipinski definition) is 6. The number of alkyl halides is 3. The fourth-order valence-corrected chi connectivity index (χ4v) is 3.52. The Hall–Kier alpha value is -3.50. The van der Waals surface area contributed by atoms with Crippen molar-refractivity contribution < 1.29 is 27.5 Å². The molecule has 1 amide bonds. The van der Waals surface area contributed by atoms with E-state index in [-0.39, 0.29) is 32.0 Å². The van der Waals surface area contributed by atoms with Gasteiger partial charge in [0.15, 0.2) is 0 Å². The highest BCUT2D eigenvalue weighted by atomic mass is 19.4. The lowest BCUT2D eigenvalue weighted by Crippen LogP contribution is -2.36. The highest BCUT2D eigenvalue weighted by Gasteiger charge is 2.30. The van der Waals surface area contributed by atoms with Crippen LogP contribution in [0.15, 0.2) is 30.6 Å². The Morgan fingerprint density at radius 2 is 1.85 bits per heavy atom. The largest absolute Gasteiger partial charge is 0.465 e. The summed E-state index contributed by atoms with van der Waals surface area (Å²) >= 11 is 0. The number of carbonyl (C=O) groups excluding carboxylic acids is 2. The molecule has 0 unspecified atom stereocenters. The highest BCUT2D eigenvalue weighted by Crippen LogP contribution is 2.29. The summed E-state index contributed by atoms with van der Waals surface area (Å²) in [5.41, 5.74) is 2.06. The maximum absolute atomic E-state index is 13.0. The van der Waals surface area contributed by atoms with E-state index in [0.717, 1.165) is 29.1 Å². The molecule has 8 nitrogen and oxygen atoms in total. The second-order valence-corrected chi connectivity index (χ2v) is 7.48. The van der Waals surface area contributed by atoms with Gasteiger partial charge in [-0.1, -0.05) is 12.1 Å². The molecule has 33 heavy (non-hydrogen) atoms. The molecule has 1 aromatic carbocycles. The summed E-state index contributed by atoms with van der Waals surface area (Å²) in [5.74, 6) is -0.456. The molecule has 11 heteroatoms. The Labute approximate surface area is 188 Å². The maximum Gasteiger partial charge on any atom is 0.416 e. The van der Waals surface area contributed by atoms with Gasteiger partial charge in [0.2, 0.25) is 5.91 Å². The smallest absolute Gasteiger partial charge is 0.416 e. The van der Waals surface area contributed by atoms with Crippen LogP contribution in [-0.2, 0) is 33.5 Å². The third-order valence-electron chi connectivity index (χ3n) is 5.21. The van der Waals surface area contributed by atoms with Crippen molar-refractivity contribution in [1.82, 2.24) is 24.5 Å². The lowest BCUT2D eigenvalue weighted by atomic mass is 10.1. The average Bonchev–Trinajstić information content (AvgIpc) is 3.21. The van der Waals surface area contributed by atoms with Crippen LogP contribution in [0, 0.1) is 13.8 Å². The number of esters is 1. The van der Waals surface area contributed by atoms with Gasteiger partial charge < -0.3 is 9.64 Å². The first-order chi connectivity index (χ1) is 15.6. The second kappa shape index (κ2) is 9.97. The number of amides is 1. The van der Waals surface area contributed by atoms with Crippen LogP contribution in [-0.4, -0.2) is 49.5 Å². The zero-order chi connectivity index (χ0) is 24.2. The Balaban J connectivity index is 1.76. The number of ether oxygens (including phenoxy) is 1. The number of rotatable bonds is 8. The predicted octanol–water partition coefficient (Wildman–Crippen LogP) is 3.28. The van der Waals surface area contributed by atoms with Crippen molar-refractivity contribution in [1.29, 1.82) is 0 Å². The van der Waals surface area contributed by atoms with E-state index < -0.39 is 17.7 Å². The molecule has 0 aliphatic carbocycles. The van der Waals surface area contributed by atoms with E-state index in [1.165, 1.54) is 23.4 Å². The molecule has 3 aromatic rings. The summed E-state index contributed by atoms with van der Waals surface area (Å²) < 4.78 is 45.0. The Kier molecular flexibility index (Phi) is 7.29. The molecule has 0 spiro atoms. The molecular weight excluding hydrogens is 439 g/mol. The minimum atomic E-state index is -4.45. The van der Waals surface area contributed by atoms with Gasteiger partial charge in [0, 0.05) is 24.4 Å². The molecule has 0 bridgehead atoms. The quantitative estimate of drug-likeness (QED) is 0.477. The lowest BCUT2D eigenvalue weighted by Gasteiger charge is -2.22. The summed E-state index contributed by atoms with van der Waals surface area (Å²) in [6.07, 6.45) is -2.63. The van der Waals surface area contributed by atoms with E-state index in [0.29, 0.717) is 17.8 Å². The van der Waals surface area contributed by atoms with Crippen LogP contribution in [0.4, 0.5) is 13.2 Å². The molecule has 0 fully saturated rings. The standard InChI is InChI=1S/C22H24F3N5O3/c1-4-33-20(32)12-29(11-16-5-7-17(8-6-16)22(23,24)25)19(31)10-9-18-14(2)28-21-26-13-27-30(21)15(18)3/h5-8,13H,4,9-12H2,1-3H3. The topological polar surface area (TPSA) is 89.7 Å². The number of aromatic nitrogens is 4. The van der Waals surface area contributed by atoms with Gasteiger partial charge >= 0.3 is 12.1 Å². The van der Waals surface area contributed by atoms with Crippen LogP contribution in [0.2, 0.25) is 0 Å². The molecule has 2 aromatic heterocycles. The van der Waals surface area contributed by atoms with Gasteiger partial charge in [0.05, 0.1) is 12.2 Å². The molecule has 176 valence electrons. The summed E-state index contributed by atoms with van der Waals surface area (Å²) in [6.45, 7) is 5.16. The predicted molar refractivity (Wildman–Crippen MR) is 112 cm³/mol. The third-order valence-corrected chi connectivity index (χ3v) is 5.21. The number of fused-ring (bicyclic) bond motifs is 1. The molecule has 0 aliphatic rings. The number of hydrogen-bond donors (Lipinski definition) is 0. The van der Waals surface area contributed by atoms with Crippen molar-refractivity contribution in [2.24, 2.45) is 0 Å². The van der Waals surface area contributed by atoms with Crippen LogP contribution in [0.3, 0.4) is 0 Å². The summed E-state index contributed by atoms with van der Waals surface area (Å²) in [7, 11) is 0. The average molecular weight is 463 g/mol. The molecule has 0 atom stereocenters. The SMILES string of the molecule is CCOC(=O)CN(Cc1ccc(C(F)(F)F)cc1)C(=O)CCc1c(C)nc2ncnn2c1C. The first-order valence-electron chi connectivity index (χ1n) is 10.4. The lowest BCUT2D eigenvalue weighted by molar-refractivity contribution is -0.149. The minimum absolute atomic E-state index is 0.0197. The van der Waals surface area contributed by atoms with Gasteiger partial charge in [-0.15, -0.1) is 0 Å². The normalized spacial score (nSPS) is 11.6. The first kappa shape index (κ1) is 24.1. The molecule has 3 rings (SSSR count). The molecule has 0 saturated carbocycles. The van der Waals surface area contributed by atoms with Crippen LogP contribution in [0.5, 0.6) is 0 Å². The number of halogens is 3. The van der Waals surface area contributed by atoms with Crippen molar-refractivity contribution in [2.45, 2.75) is 46.3 Å². The first-order valence-corrected chi connectivity index (χ1v) is 10.4. The Bertz CT molecular complexity index is 1140. The van der Waals surface area contributed by atoms with Crippen LogP contribution in [0.1, 0.15) is 41.4 Å². The van der Waals surface area contributed by atoms with E-state index in [2.05, 4.69) is 15.1 Å². The van der Waals surface area contributed by atoms with Gasteiger partial charge in [-0.2, -0.15) is 23.3 Å². The van der Waals surface area contributed by atoms with Crippen LogP contribution < -0.4 is 0 Å². The van der Waals surface area contributed by atoms with Gasteiger partial charge in [-0.05, 0) is 50.5 Å². The van der Waals surface area contributed by atoms with Gasteiger partial charge in [0.1, 0.15) is 12.9 Å². The van der Waals surface area contributed by atoms with Crippen molar-refractivity contribution >= 4 is 17.7 Å². The minimum Gasteiger partial charge on any atom is -0.465 e. The second-order valence-electron chi connectivity index (χ2n) is 7.48. The molecule has 0 aliphatic heterocycles. The van der Waals surface area contributed by atoms with E-state index in [1.54, 1.807) is 11.4 Å². The van der Waals surface area contributed by atoms with Crippen LogP contribution >= 0.6 is 0 Å².